The highest BCUT2D eigenvalue weighted by atomic mass is 15.3. The fourth-order valence-electron chi connectivity index (χ4n) is 3.83. The molecule has 1 atom stereocenters. The maximum Gasteiger partial charge on any atom is 0.0700 e. The van der Waals surface area contributed by atoms with E-state index in [9.17, 15) is 0 Å². The lowest BCUT2D eigenvalue weighted by Gasteiger charge is -2.39. The van der Waals surface area contributed by atoms with Crippen molar-refractivity contribution in [1.82, 2.24) is 9.78 Å². The molecule has 2 aliphatic rings. The lowest BCUT2D eigenvalue weighted by atomic mass is 9.64. The van der Waals surface area contributed by atoms with Gasteiger partial charge in [0.25, 0.3) is 0 Å². The molecule has 1 aromatic carbocycles. The van der Waals surface area contributed by atoms with Crippen LogP contribution in [0.5, 0.6) is 0 Å². The van der Waals surface area contributed by atoms with Crippen molar-refractivity contribution >= 4 is 6.08 Å². The summed E-state index contributed by atoms with van der Waals surface area (Å²) in [5.41, 5.74) is 6.66. The highest BCUT2D eigenvalue weighted by Crippen LogP contribution is 2.48. The van der Waals surface area contributed by atoms with Gasteiger partial charge in [-0.05, 0) is 48.6 Å². The van der Waals surface area contributed by atoms with E-state index in [4.69, 9.17) is 0 Å². The first-order chi connectivity index (χ1) is 10.7. The molecule has 0 aliphatic heterocycles. The number of hydrogen-bond acceptors (Lipinski definition) is 1. The van der Waals surface area contributed by atoms with Crippen LogP contribution in [0.3, 0.4) is 0 Å². The Hall–Kier alpha value is -2.35. The maximum atomic E-state index is 4.63. The first-order valence-corrected chi connectivity index (χ1v) is 7.89. The van der Waals surface area contributed by atoms with Crippen molar-refractivity contribution in [3.8, 4) is 5.69 Å². The quantitative estimate of drug-likeness (QED) is 0.781. The fraction of sp³-hybridized carbons (Fsp3) is 0.250. The van der Waals surface area contributed by atoms with E-state index in [1.165, 1.54) is 22.4 Å². The van der Waals surface area contributed by atoms with Gasteiger partial charge in [0, 0.05) is 5.41 Å². The molecule has 4 rings (SSSR count). The van der Waals surface area contributed by atoms with Crippen LogP contribution in [0.25, 0.3) is 11.8 Å². The summed E-state index contributed by atoms with van der Waals surface area (Å²) in [5, 5.41) is 4.63. The van der Waals surface area contributed by atoms with Gasteiger partial charge in [-0.15, -0.1) is 0 Å². The van der Waals surface area contributed by atoms with Crippen LogP contribution in [-0.2, 0) is 6.42 Å². The van der Waals surface area contributed by atoms with Gasteiger partial charge in [0.2, 0.25) is 0 Å². The number of para-hydroxylation sites is 1. The molecule has 2 heteroatoms. The minimum atomic E-state index is 0.0948. The summed E-state index contributed by atoms with van der Waals surface area (Å²) >= 11 is 0. The Morgan fingerprint density at radius 1 is 1.27 bits per heavy atom. The van der Waals surface area contributed by atoms with E-state index >= 15 is 0 Å². The third-order valence-electron chi connectivity index (χ3n) is 5.09. The molecule has 22 heavy (non-hydrogen) atoms. The molecule has 0 spiro atoms. The summed E-state index contributed by atoms with van der Waals surface area (Å²) in [6, 6.07) is 10.4. The summed E-state index contributed by atoms with van der Waals surface area (Å²) < 4.78 is 2.06. The second kappa shape index (κ2) is 4.84. The molecular weight excluding hydrogens is 268 g/mol. The highest BCUT2D eigenvalue weighted by Gasteiger charge is 2.38. The van der Waals surface area contributed by atoms with E-state index in [-0.39, 0.29) is 5.41 Å². The summed E-state index contributed by atoms with van der Waals surface area (Å²) in [5.74, 6) is 0. The van der Waals surface area contributed by atoms with Gasteiger partial charge < -0.3 is 0 Å². The maximum absolute atomic E-state index is 4.63. The average molecular weight is 288 g/mol. The van der Waals surface area contributed by atoms with Crippen LogP contribution in [0.15, 0.2) is 66.4 Å². The molecule has 2 aromatic rings. The van der Waals surface area contributed by atoms with Gasteiger partial charge >= 0.3 is 0 Å². The smallest absolute Gasteiger partial charge is 0.0700 e. The van der Waals surface area contributed by atoms with Crippen molar-refractivity contribution in [3.05, 3.63) is 77.7 Å². The lowest BCUT2D eigenvalue weighted by Crippen LogP contribution is -2.29. The Bertz CT molecular complexity index is 792. The van der Waals surface area contributed by atoms with Gasteiger partial charge in [0.05, 0.1) is 17.6 Å². The molecule has 0 N–H and O–H groups in total. The van der Waals surface area contributed by atoms with Crippen LogP contribution in [0.4, 0.5) is 0 Å². The number of nitrogens with zero attached hydrogens (tertiary/aromatic N) is 2. The Morgan fingerprint density at radius 3 is 2.86 bits per heavy atom. The molecule has 0 saturated carbocycles. The standard InChI is InChI=1S/C20H20N2/c1-3-16-8-7-9-17-12-19-15(13-20(16,17)2)14-21-22(19)18-10-5-4-6-11-18/h3-6,8,10-12,14H,1,7,9,13H2,2H3. The van der Waals surface area contributed by atoms with Gasteiger partial charge in [-0.2, -0.15) is 5.10 Å². The predicted octanol–water partition coefficient (Wildman–Crippen LogP) is 4.72. The molecule has 0 bridgehead atoms. The number of hydrogen-bond donors (Lipinski definition) is 0. The highest BCUT2D eigenvalue weighted by molar-refractivity contribution is 5.64. The zero-order chi connectivity index (χ0) is 15.2. The number of rotatable bonds is 2. The van der Waals surface area contributed by atoms with Crippen molar-refractivity contribution in [2.24, 2.45) is 5.41 Å². The van der Waals surface area contributed by atoms with Crippen LogP contribution >= 0.6 is 0 Å². The molecule has 0 amide bonds. The average Bonchev–Trinajstić information content (AvgIpc) is 2.94. The largest absolute Gasteiger partial charge is 0.233 e. The SMILES string of the molecule is C=CC1=CCCC2=Cc3c(cnn3-c3ccccc3)CC12C. The second-order valence-corrected chi connectivity index (χ2v) is 6.38. The molecule has 1 heterocycles. The molecule has 1 unspecified atom stereocenters. The Morgan fingerprint density at radius 2 is 2.09 bits per heavy atom. The zero-order valence-electron chi connectivity index (χ0n) is 12.9. The number of benzene rings is 1. The number of aromatic nitrogens is 2. The van der Waals surface area contributed by atoms with E-state index in [1.807, 2.05) is 18.3 Å². The van der Waals surface area contributed by atoms with E-state index in [1.54, 1.807) is 0 Å². The first kappa shape index (κ1) is 13.3. The predicted molar refractivity (Wildman–Crippen MR) is 90.9 cm³/mol. The summed E-state index contributed by atoms with van der Waals surface area (Å²) in [7, 11) is 0. The Labute approximate surface area is 131 Å². The third kappa shape index (κ3) is 1.83. The topological polar surface area (TPSA) is 17.8 Å². The van der Waals surface area contributed by atoms with Crippen LogP contribution in [-0.4, -0.2) is 9.78 Å². The summed E-state index contributed by atoms with van der Waals surface area (Å²) in [4.78, 5) is 0. The van der Waals surface area contributed by atoms with Gasteiger partial charge in [-0.1, -0.05) is 49.4 Å². The first-order valence-electron chi connectivity index (χ1n) is 7.89. The molecule has 2 nitrogen and oxygen atoms in total. The third-order valence-corrected chi connectivity index (χ3v) is 5.09. The minimum absolute atomic E-state index is 0.0948. The van der Waals surface area contributed by atoms with Crippen molar-refractivity contribution in [1.29, 1.82) is 0 Å². The van der Waals surface area contributed by atoms with Gasteiger partial charge in [0.1, 0.15) is 0 Å². The van der Waals surface area contributed by atoms with Gasteiger partial charge in [0.15, 0.2) is 0 Å². The number of allylic oxidation sites excluding steroid dienone is 4. The number of fused-ring (bicyclic) bond motifs is 2. The van der Waals surface area contributed by atoms with Crippen LogP contribution in [0.1, 0.15) is 31.0 Å². The van der Waals surface area contributed by atoms with Crippen LogP contribution < -0.4 is 0 Å². The Balaban J connectivity index is 1.85. The van der Waals surface area contributed by atoms with Crippen molar-refractivity contribution in [2.75, 3.05) is 0 Å². The Kier molecular flexibility index (Phi) is 2.93. The van der Waals surface area contributed by atoms with Crippen molar-refractivity contribution in [2.45, 2.75) is 26.2 Å². The second-order valence-electron chi connectivity index (χ2n) is 6.38. The fourth-order valence-corrected chi connectivity index (χ4v) is 3.83. The van der Waals surface area contributed by atoms with E-state index in [0.717, 1.165) is 24.9 Å². The van der Waals surface area contributed by atoms with E-state index in [2.05, 4.69) is 59.7 Å². The molecule has 0 radical (unpaired) electrons. The normalized spacial score (nSPS) is 23.1. The molecule has 0 fully saturated rings. The molecule has 2 aliphatic carbocycles. The summed E-state index contributed by atoms with van der Waals surface area (Å²) in [6.07, 6.45) is 12.0. The monoisotopic (exact) mass is 288 g/mol. The molecule has 1 aromatic heterocycles. The molecular formula is C20H20N2. The lowest BCUT2D eigenvalue weighted by molar-refractivity contribution is 0.449. The zero-order valence-corrected chi connectivity index (χ0v) is 12.9. The van der Waals surface area contributed by atoms with Crippen molar-refractivity contribution in [3.63, 3.8) is 0 Å². The van der Waals surface area contributed by atoms with Gasteiger partial charge in [-0.25, -0.2) is 4.68 Å². The van der Waals surface area contributed by atoms with E-state index in [0.29, 0.717) is 0 Å². The molecule has 0 saturated heterocycles. The van der Waals surface area contributed by atoms with E-state index < -0.39 is 0 Å². The van der Waals surface area contributed by atoms with Gasteiger partial charge in [-0.3, -0.25) is 0 Å². The van der Waals surface area contributed by atoms with Crippen LogP contribution in [0, 0.1) is 5.41 Å². The van der Waals surface area contributed by atoms with Crippen molar-refractivity contribution < 1.29 is 0 Å². The minimum Gasteiger partial charge on any atom is -0.233 e. The summed E-state index contributed by atoms with van der Waals surface area (Å²) in [6.45, 7) is 6.35. The molecule has 110 valence electrons. The van der Waals surface area contributed by atoms with Crippen LogP contribution in [0.2, 0.25) is 0 Å².